The van der Waals surface area contributed by atoms with Crippen molar-refractivity contribution in [1.29, 1.82) is 0 Å². The lowest BCUT2D eigenvalue weighted by atomic mass is 9.48. The summed E-state index contributed by atoms with van der Waals surface area (Å²) in [6.07, 6.45) is 8.74. The minimum absolute atomic E-state index is 0.0779. The molecule has 2 aliphatic heterocycles. The summed E-state index contributed by atoms with van der Waals surface area (Å²) >= 11 is 2.59. The van der Waals surface area contributed by atoms with Gasteiger partial charge in [-0.15, -0.1) is 8.67 Å². The molecule has 5 aliphatic carbocycles. The van der Waals surface area contributed by atoms with Crippen LogP contribution in [0.25, 0.3) is 0 Å². The van der Waals surface area contributed by atoms with Crippen LogP contribution in [0.5, 0.6) is 0 Å². The SMILES string of the molecule is OOOSC1CCC2OC3CCC(P(c4ccccc4)c4ccccc4)C4C3C2C1C1C(SOOO)CCC2OC3CCC(P(c5ccccc5)c5ccccc5)C4C3C21. The van der Waals surface area contributed by atoms with Crippen molar-refractivity contribution in [3.8, 4) is 0 Å². The van der Waals surface area contributed by atoms with Crippen molar-refractivity contribution in [3.63, 3.8) is 0 Å². The Morgan fingerprint density at radius 3 is 1.00 bits per heavy atom. The van der Waals surface area contributed by atoms with Gasteiger partial charge in [-0.05, 0) is 147 Å². The molecule has 7 fully saturated rings. The summed E-state index contributed by atoms with van der Waals surface area (Å²) < 4.78 is 25.8. The molecule has 12 heteroatoms. The van der Waals surface area contributed by atoms with Crippen molar-refractivity contribution in [2.24, 2.45) is 47.3 Å². The van der Waals surface area contributed by atoms with Crippen molar-refractivity contribution in [2.75, 3.05) is 0 Å². The molecule has 316 valence electrons. The Balaban J connectivity index is 1.16. The lowest BCUT2D eigenvalue weighted by molar-refractivity contribution is -0.432. The van der Waals surface area contributed by atoms with Crippen LogP contribution in [0.2, 0.25) is 0 Å². The molecule has 0 aromatic heterocycles. The molecule has 16 unspecified atom stereocenters. The first-order chi connectivity index (χ1) is 29.7. The smallest absolute Gasteiger partial charge is 0.0614 e. The van der Waals surface area contributed by atoms with E-state index in [0.29, 0.717) is 35.0 Å². The van der Waals surface area contributed by atoms with E-state index in [-0.39, 0.29) is 58.6 Å². The minimum Gasteiger partial charge on any atom is -0.374 e. The summed E-state index contributed by atoms with van der Waals surface area (Å²) in [5, 5.41) is 33.9. The molecule has 0 radical (unpaired) electrons. The predicted octanol–water partition coefficient (Wildman–Crippen LogP) is 9.52. The molecule has 11 rings (SSSR count). The summed E-state index contributed by atoms with van der Waals surface area (Å²) in [7, 11) is -1.47. The average molecular weight is 885 g/mol. The maximum Gasteiger partial charge on any atom is 0.0614 e. The second-order valence-corrected chi connectivity index (χ2v) is 24.9. The Kier molecular flexibility index (Phi) is 12.2. The molecular weight excluding hydrogens is 831 g/mol. The van der Waals surface area contributed by atoms with Gasteiger partial charge in [0.15, 0.2) is 0 Å². The van der Waals surface area contributed by atoms with E-state index in [0.717, 1.165) is 51.4 Å². The maximum atomic E-state index is 9.57. The van der Waals surface area contributed by atoms with Gasteiger partial charge in [0.25, 0.3) is 0 Å². The number of ether oxygens (including phenoxy) is 2. The second kappa shape index (κ2) is 17.9. The van der Waals surface area contributed by atoms with Crippen LogP contribution < -0.4 is 21.2 Å². The summed E-state index contributed by atoms with van der Waals surface area (Å²) in [6, 6.07) is 45.9. The van der Waals surface area contributed by atoms with Gasteiger partial charge in [-0.3, -0.25) is 0 Å². The Hall–Kier alpha value is -1.88. The molecule has 2 heterocycles. The standard InChI is InChI=1S/C48H54O8P2S2/c49-53-55-59-39-27-23-35-43-41-33(51-35)21-25-37(57(29-13-5-1-6-14-29)30-15-7-2-8-16-30)45(41)46-38(58(31-17-9-3-10-18-31)32-19-11-4-12-20-32)26-22-34-42(46)44-36(52-34)24-28-40(60-56-54-50)48(44)47(39)43/h1-20,33-50H,21-28H2. The van der Waals surface area contributed by atoms with Crippen molar-refractivity contribution >= 4 is 61.1 Å². The number of hydrogen-bond donors (Lipinski definition) is 2. The van der Waals surface area contributed by atoms with E-state index in [1.165, 1.54) is 45.3 Å². The van der Waals surface area contributed by atoms with E-state index in [4.69, 9.17) is 18.1 Å². The third-order valence-electron chi connectivity index (χ3n) is 15.9. The molecule has 7 aliphatic rings. The van der Waals surface area contributed by atoms with Gasteiger partial charge in [0, 0.05) is 34.6 Å². The van der Waals surface area contributed by atoms with Gasteiger partial charge in [0.05, 0.1) is 24.4 Å². The monoisotopic (exact) mass is 884 g/mol. The fourth-order valence-electron chi connectivity index (χ4n) is 14.4. The van der Waals surface area contributed by atoms with E-state index < -0.39 is 15.8 Å². The average Bonchev–Trinajstić information content (AvgIpc) is 3.87. The van der Waals surface area contributed by atoms with Gasteiger partial charge in [-0.25, -0.2) is 10.5 Å². The molecule has 0 bridgehead atoms. The molecular formula is C48H54O8P2S2. The lowest BCUT2D eigenvalue weighted by Crippen LogP contribution is -2.62. The predicted molar refractivity (Wildman–Crippen MR) is 240 cm³/mol. The summed E-state index contributed by atoms with van der Waals surface area (Å²) in [5.74, 6) is 2.43. The molecule has 16 atom stereocenters. The van der Waals surface area contributed by atoms with Crippen LogP contribution in [0, 0.1) is 47.3 Å². The van der Waals surface area contributed by atoms with Crippen molar-refractivity contribution in [2.45, 2.75) is 97.6 Å². The first kappa shape index (κ1) is 40.9. The first-order valence-corrected chi connectivity index (χ1v) is 26.5. The number of benzene rings is 4. The third-order valence-corrected chi connectivity index (χ3v) is 23.7. The van der Waals surface area contributed by atoms with Crippen LogP contribution in [0.4, 0.5) is 0 Å². The van der Waals surface area contributed by atoms with Gasteiger partial charge in [-0.1, -0.05) is 131 Å². The second-order valence-electron chi connectivity index (χ2n) is 18.1. The number of hydrogen-bond acceptors (Lipinski definition) is 10. The highest BCUT2D eigenvalue weighted by atomic mass is 32.2. The van der Waals surface area contributed by atoms with Crippen molar-refractivity contribution in [1.82, 2.24) is 0 Å². The quantitative estimate of drug-likeness (QED) is 0.0621. The molecule has 4 aromatic rings. The Labute approximate surface area is 364 Å². The van der Waals surface area contributed by atoms with Crippen molar-refractivity contribution in [3.05, 3.63) is 121 Å². The zero-order valence-electron chi connectivity index (χ0n) is 33.5. The Bertz CT molecular complexity index is 1800. The van der Waals surface area contributed by atoms with Gasteiger partial charge in [0.2, 0.25) is 0 Å². The fourth-order valence-corrected chi connectivity index (χ4v) is 22.5. The van der Waals surface area contributed by atoms with E-state index in [9.17, 15) is 10.5 Å². The van der Waals surface area contributed by atoms with Crippen LogP contribution in [0.3, 0.4) is 0 Å². The molecule has 8 nitrogen and oxygen atoms in total. The normalized spacial score (nSPS) is 38.9. The van der Waals surface area contributed by atoms with Gasteiger partial charge in [0.1, 0.15) is 0 Å². The molecule has 2 N–H and O–H groups in total. The molecule has 2 saturated heterocycles. The van der Waals surface area contributed by atoms with Crippen LogP contribution in [-0.4, -0.2) is 56.7 Å². The van der Waals surface area contributed by atoms with Crippen LogP contribution in [0.1, 0.15) is 51.4 Å². The van der Waals surface area contributed by atoms with Crippen LogP contribution in [0.15, 0.2) is 121 Å². The molecule has 5 saturated carbocycles. The Morgan fingerprint density at radius 2 is 0.683 bits per heavy atom. The summed E-state index contributed by atoms with van der Waals surface area (Å²) in [5.41, 5.74) is 0.897. The van der Waals surface area contributed by atoms with Gasteiger partial charge >= 0.3 is 0 Å². The maximum absolute atomic E-state index is 9.57. The zero-order valence-corrected chi connectivity index (χ0v) is 36.9. The van der Waals surface area contributed by atoms with Crippen LogP contribution in [-0.2, 0) is 28.2 Å². The summed E-state index contributed by atoms with van der Waals surface area (Å²) in [4.78, 5) is 0. The van der Waals surface area contributed by atoms with E-state index >= 15 is 0 Å². The zero-order chi connectivity index (χ0) is 40.2. The minimum atomic E-state index is -0.735. The molecule has 4 aromatic carbocycles. The van der Waals surface area contributed by atoms with E-state index in [2.05, 4.69) is 131 Å². The highest BCUT2D eigenvalue weighted by Crippen LogP contribution is 2.71. The van der Waals surface area contributed by atoms with Crippen LogP contribution >= 0.6 is 39.9 Å². The van der Waals surface area contributed by atoms with E-state index in [1.54, 1.807) is 0 Å². The van der Waals surface area contributed by atoms with Crippen molar-refractivity contribution < 1.29 is 38.7 Å². The first-order valence-electron chi connectivity index (χ1n) is 22.1. The molecule has 60 heavy (non-hydrogen) atoms. The highest BCUT2D eigenvalue weighted by molar-refractivity contribution is 7.95. The van der Waals surface area contributed by atoms with E-state index in [1.807, 2.05) is 0 Å². The number of rotatable bonds is 12. The molecule has 0 amide bonds. The molecule has 0 spiro atoms. The fraction of sp³-hybridized carbons (Fsp3) is 0.500. The highest BCUT2D eigenvalue weighted by Gasteiger charge is 2.70. The third kappa shape index (κ3) is 7.18. The lowest BCUT2D eigenvalue weighted by Gasteiger charge is -2.61. The number of fused-ring (bicyclic) bond motifs is 2. The van der Waals surface area contributed by atoms with Gasteiger partial charge in [-0.2, -0.15) is 0 Å². The topological polar surface area (TPSA) is 95.8 Å². The largest absolute Gasteiger partial charge is 0.374 e. The Morgan fingerprint density at radius 1 is 0.383 bits per heavy atom. The van der Waals surface area contributed by atoms with Gasteiger partial charge < -0.3 is 9.47 Å². The summed E-state index contributed by atoms with van der Waals surface area (Å²) in [6.45, 7) is 0.